The Hall–Kier alpha value is -2.08. The van der Waals surface area contributed by atoms with Crippen LogP contribution in [0.4, 0.5) is 5.69 Å². The summed E-state index contributed by atoms with van der Waals surface area (Å²) in [6.07, 6.45) is 6.58. The number of carbonyl (C=O) groups is 2. The minimum atomic E-state index is -0.263. The summed E-state index contributed by atoms with van der Waals surface area (Å²) in [7, 11) is 1.62. The number of hydrogen-bond acceptors (Lipinski definition) is 4. The first-order valence-electron chi connectivity index (χ1n) is 10.6. The van der Waals surface area contributed by atoms with Gasteiger partial charge in [0, 0.05) is 31.2 Å². The molecule has 0 unspecified atom stereocenters. The molecular weight excluding hydrogens is 354 g/mol. The molecule has 0 radical (unpaired) electrons. The van der Waals surface area contributed by atoms with Crippen LogP contribution in [-0.4, -0.2) is 56.0 Å². The molecule has 1 aromatic carbocycles. The van der Waals surface area contributed by atoms with E-state index in [1.165, 1.54) is 45.2 Å². The van der Waals surface area contributed by atoms with Gasteiger partial charge in [-0.15, -0.1) is 0 Å². The van der Waals surface area contributed by atoms with Crippen LogP contribution >= 0.6 is 0 Å². The Morgan fingerprint density at radius 2 is 1.93 bits per heavy atom. The van der Waals surface area contributed by atoms with Gasteiger partial charge in [0.2, 0.25) is 11.8 Å². The number of amides is 2. The largest absolute Gasteiger partial charge is 0.497 e. The highest BCUT2D eigenvalue weighted by Crippen LogP contribution is 2.31. The molecule has 0 saturated carbocycles. The second-order valence-corrected chi connectivity index (χ2v) is 8.35. The van der Waals surface area contributed by atoms with Gasteiger partial charge in [-0.3, -0.25) is 9.59 Å². The number of methoxy groups -OCH3 is 1. The molecule has 3 atom stereocenters. The number of anilines is 1. The van der Waals surface area contributed by atoms with Crippen LogP contribution in [0.1, 0.15) is 38.5 Å². The number of ether oxygens (including phenoxy) is 1. The molecular formula is C22H31N3O3. The molecule has 152 valence electrons. The zero-order valence-electron chi connectivity index (χ0n) is 16.7. The number of hydrogen-bond donors (Lipinski definition) is 1. The van der Waals surface area contributed by atoms with Gasteiger partial charge in [0.1, 0.15) is 5.75 Å². The Labute approximate surface area is 167 Å². The minimum absolute atomic E-state index is 0.0152. The van der Waals surface area contributed by atoms with Crippen molar-refractivity contribution in [2.75, 3.05) is 38.2 Å². The van der Waals surface area contributed by atoms with Crippen molar-refractivity contribution in [3.63, 3.8) is 0 Å². The van der Waals surface area contributed by atoms with E-state index in [4.69, 9.17) is 4.74 Å². The molecule has 0 aromatic heterocycles. The van der Waals surface area contributed by atoms with Gasteiger partial charge in [0.25, 0.3) is 0 Å². The first kappa shape index (κ1) is 19.2. The van der Waals surface area contributed by atoms with Crippen molar-refractivity contribution >= 4 is 17.5 Å². The van der Waals surface area contributed by atoms with E-state index in [9.17, 15) is 9.59 Å². The maximum absolute atomic E-state index is 12.7. The predicted molar refractivity (Wildman–Crippen MR) is 108 cm³/mol. The predicted octanol–water partition coefficient (Wildman–Crippen LogP) is 2.43. The Morgan fingerprint density at radius 1 is 1.14 bits per heavy atom. The standard InChI is InChI=1S/C22H31N3O3/c1-28-19-9-7-18(8-10-19)25-15-17(13-21(25)26)22(27)23-14-16-5-4-12-24-11-3-2-6-20(16)24/h7-10,16-17,20H,2-6,11-15H2,1H3,(H,23,27)/t16-,17+,20+/m0/s1. The Morgan fingerprint density at radius 3 is 2.71 bits per heavy atom. The minimum Gasteiger partial charge on any atom is -0.497 e. The number of piperidine rings is 2. The molecule has 1 N–H and O–H groups in total. The third kappa shape index (κ3) is 4.02. The third-order valence-corrected chi connectivity index (χ3v) is 6.65. The van der Waals surface area contributed by atoms with Gasteiger partial charge in [-0.2, -0.15) is 0 Å². The molecule has 1 aromatic rings. The van der Waals surface area contributed by atoms with Gasteiger partial charge >= 0.3 is 0 Å². The van der Waals surface area contributed by atoms with E-state index in [2.05, 4.69) is 10.2 Å². The van der Waals surface area contributed by atoms with E-state index < -0.39 is 0 Å². The van der Waals surface area contributed by atoms with Crippen molar-refractivity contribution in [3.8, 4) is 5.75 Å². The van der Waals surface area contributed by atoms with E-state index in [1.807, 2.05) is 24.3 Å². The topological polar surface area (TPSA) is 61.9 Å². The first-order chi connectivity index (χ1) is 13.7. The van der Waals surface area contributed by atoms with Crippen LogP contribution in [-0.2, 0) is 9.59 Å². The molecule has 6 nitrogen and oxygen atoms in total. The molecule has 3 saturated heterocycles. The summed E-state index contributed by atoms with van der Waals surface area (Å²) in [5.74, 6) is 1.08. The Kier molecular flexibility index (Phi) is 5.85. The zero-order valence-corrected chi connectivity index (χ0v) is 16.7. The summed E-state index contributed by atoms with van der Waals surface area (Å²) in [5, 5.41) is 3.17. The van der Waals surface area contributed by atoms with E-state index in [0.29, 0.717) is 18.5 Å². The number of fused-ring (bicyclic) bond motifs is 1. The van der Waals surface area contributed by atoms with Crippen molar-refractivity contribution in [3.05, 3.63) is 24.3 Å². The number of nitrogens with zero attached hydrogens (tertiary/aromatic N) is 2. The highest BCUT2D eigenvalue weighted by Gasteiger charge is 2.37. The number of carbonyl (C=O) groups excluding carboxylic acids is 2. The summed E-state index contributed by atoms with van der Waals surface area (Å²) >= 11 is 0. The highest BCUT2D eigenvalue weighted by atomic mass is 16.5. The lowest BCUT2D eigenvalue weighted by Gasteiger charge is -2.44. The summed E-state index contributed by atoms with van der Waals surface area (Å²) in [5.41, 5.74) is 0.825. The summed E-state index contributed by atoms with van der Waals surface area (Å²) in [6.45, 7) is 3.62. The fourth-order valence-electron chi connectivity index (χ4n) is 5.09. The lowest BCUT2D eigenvalue weighted by atomic mass is 9.83. The van der Waals surface area contributed by atoms with Crippen LogP contribution < -0.4 is 15.0 Å². The van der Waals surface area contributed by atoms with Crippen LogP contribution in [0.2, 0.25) is 0 Å². The van der Waals surface area contributed by atoms with Crippen molar-refractivity contribution < 1.29 is 14.3 Å². The average molecular weight is 386 g/mol. The molecule has 6 heteroatoms. The van der Waals surface area contributed by atoms with Crippen molar-refractivity contribution in [1.29, 1.82) is 0 Å². The molecule has 0 spiro atoms. The van der Waals surface area contributed by atoms with E-state index >= 15 is 0 Å². The SMILES string of the molecule is COc1ccc(N2C[C@H](C(=O)NC[C@@H]3CCCN4CCCC[C@H]34)CC2=O)cc1. The summed E-state index contributed by atoms with van der Waals surface area (Å²) < 4.78 is 5.17. The second-order valence-electron chi connectivity index (χ2n) is 8.35. The number of benzene rings is 1. The highest BCUT2D eigenvalue weighted by molar-refractivity contribution is 6.00. The maximum atomic E-state index is 12.7. The van der Waals surface area contributed by atoms with Crippen LogP contribution in [0.5, 0.6) is 5.75 Å². The molecule has 2 amide bonds. The first-order valence-corrected chi connectivity index (χ1v) is 10.6. The van der Waals surface area contributed by atoms with Gasteiger partial charge in [-0.25, -0.2) is 0 Å². The quantitative estimate of drug-likeness (QED) is 0.846. The Balaban J connectivity index is 1.32. The molecule has 4 rings (SSSR count). The molecule has 3 fully saturated rings. The van der Waals surface area contributed by atoms with Crippen molar-refractivity contribution in [2.24, 2.45) is 11.8 Å². The van der Waals surface area contributed by atoms with E-state index in [0.717, 1.165) is 18.0 Å². The summed E-state index contributed by atoms with van der Waals surface area (Å²) in [4.78, 5) is 29.5. The maximum Gasteiger partial charge on any atom is 0.227 e. The van der Waals surface area contributed by atoms with Crippen molar-refractivity contribution in [2.45, 2.75) is 44.6 Å². The van der Waals surface area contributed by atoms with Crippen molar-refractivity contribution in [1.82, 2.24) is 10.2 Å². The Bertz CT molecular complexity index is 703. The smallest absolute Gasteiger partial charge is 0.227 e. The monoisotopic (exact) mass is 385 g/mol. The normalized spacial score (nSPS) is 28.1. The van der Waals surface area contributed by atoms with E-state index in [1.54, 1.807) is 12.0 Å². The van der Waals surface area contributed by atoms with Crippen LogP contribution in [0.25, 0.3) is 0 Å². The summed E-state index contributed by atoms with van der Waals surface area (Å²) in [6, 6.07) is 8.06. The third-order valence-electron chi connectivity index (χ3n) is 6.65. The van der Waals surface area contributed by atoms with Gasteiger partial charge in [0.05, 0.1) is 13.0 Å². The van der Waals surface area contributed by atoms with Crippen LogP contribution in [0.15, 0.2) is 24.3 Å². The van der Waals surface area contributed by atoms with Gasteiger partial charge < -0.3 is 19.9 Å². The zero-order chi connectivity index (χ0) is 19.5. The molecule has 3 heterocycles. The van der Waals surface area contributed by atoms with E-state index in [-0.39, 0.29) is 24.2 Å². The average Bonchev–Trinajstić information content (AvgIpc) is 3.13. The number of nitrogens with one attached hydrogen (secondary N) is 1. The molecule has 3 aliphatic heterocycles. The molecule has 28 heavy (non-hydrogen) atoms. The molecule has 3 aliphatic rings. The molecule has 0 aliphatic carbocycles. The lowest BCUT2D eigenvalue weighted by Crippen LogP contribution is -2.51. The fourth-order valence-corrected chi connectivity index (χ4v) is 5.09. The number of rotatable bonds is 5. The second kappa shape index (κ2) is 8.52. The van der Waals surface area contributed by atoms with Gasteiger partial charge in [0.15, 0.2) is 0 Å². The van der Waals surface area contributed by atoms with Crippen LogP contribution in [0.3, 0.4) is 0 Å². The molecule has 0 bridgehead atoms. The fraction of sp³-hybridized carbons (Fsp3) is 0.636. The lowest BCUT2D eigenvalue weighted by molar-refractivity contribution is -0.126. The van der Waals surface area contributed by atoms with Gasteiger partial charge in [-0.1, -0.05) is 6.42 Å². The van der Waals surface area contributed by atoms with Crippen LogP contribution in [0, 0.1) is 11.8 Å². The van der Waals surface area contributed by atoms with Gasteiger partial charge in [-0.05, 0) is 69.0 Å².